The average Bonchev–Trinajstić information content (AvgIpc) is 2.29. The molecule has 1 rings (SSSR count). The first-order valence-corrected chi connectivity index (χ1v) is 5.17. The van der Waals surface area contributed by atoms with Gasteiger partial charge in [0.05, 0.1) is 12.7 Å². The van der Waals surface area contributed by atoms with Crippen LogP contribution in [0.1, 0.15) is 25.0 Å². The van der Waals surface area contributed by atoms with Gasteiger partial charge in [-0.15, -0.1) is 0 Å². The molecule has 1 N–H and O–H groups in total. The minimum atomic E-state index is -0.407. The monoisotopic (exact) mass is 210 g/mol. The van der Waals surface area contributed by atoms with Crippen molar-refractivity contribution in [1.82, 2.24) is 0 Å². The van der Waals surface area contributed by atoms with Crippen molar-refractivity contribution in [3.8, 4) is 5.75 Å². The van der Waals surface area contributed by atoms with Crippen LogP contribution >= 0.6 is 0 Å². The highest BCUT2D eigenvalue weighted by Gasteiger charge is 2.05. The van der Waals surface area contributed by atoms with Gasteiger partial charge in [0.1, 0.15) is 12.4 Å². The molecule has 1 aromatic carbocycles. The zero-order valence-electron chi connectivity index (χ0n) is 9.27. The van der Waals surface area contributed by atoms with Crippen LogP contribution in [0.4, 0.5) is 0 Å². The van der Waals surface area contributed by atoms with Crippen LogP contribution in [0, 0.1) is 0 Å². The van der Waals surface area contributed by atoms with Gasteiger partial charge in [-0.25, -0.2) is 0 Å². The van der Waals surface area contributed by atoms with Crippen molar-refractivity contribution in [2.24, 2.45) is 0 Å². The van der Waals surface area contributed by atoms with E-state index in [0.717, 1.165) is 11.3 Å². The Kier molecular flexibility index (Phi) is 5.15. The van der Waals surface area contributed by atoms with Crippen LogP contribution in [-0.2, 0) is 4.74 Å². The number of rotatable bonds is 6. The van der Waals surface area contributed by atoms with Gasteiger partial charge in [0.15, 0.2) is 0 Å². The van der Waals surface area contributed by atoms with Gasteiger partial charge in [0.25, 0.3) is 0 Å². The van der Waals surface area contributed by atoms with E-state index in [0.29, 0.717) is 19.6 Å². The molecule has 0 heterocycles. The Morgan fingerprint density at radius 2 is 2.13 bits per heavy atom. The number of methoxy groups -OCH3 is 1. The first-order chi connectivity index (χ1) is 7.27. The quantitative estimate of drug-likeness (QED) is 0.731. The van der Waals surface area contributed by atoms with Crippen LogP contribution in [-0.4, -0.2) is 25.4 Å². The third-order valence-corrected chi connectivity index (χ3v) is 2.19. The van der Waals surface area contributed by atoms with Crippen molar-refractivity contribution in [2.75, 3.05) is 20.3 Å². The summed E-state index contributed by atoms with van der Waals surface area (Å²) in [6.07, 6.45) is 0.303. The average molecular weight is 210 g/mol. The Morgan fingerprint density at radius 3 is 2.80 bits per heavy atom. The zero-order valence-corrected chi connectivity index (χ0v) is 9.27. The first-order valence-electron chi connectivity index (χ1n) is 5.17. The van der Waals surface area contributed by atoms with Crippen LogP contribution in [0.5, 0.6) is 5.75 Å². The van der Waals surface area contributed by atoms with Gasteiger partial charge in [0.2, 0.25) is 0 Å². The summed E-state index contributed by atoms with van der Waals surface area (Å²) in [5.74, 6) is 0.775. The number of hydrogen-bond donors (Lipinski definition) is 1. The highest BCUT2D eigenvalue weighted by atomic mass is 16.5. The topological polar surface area (TPSA) is 38.7 Å². The lowest BCUT2D eigenvalue weighted by Crippen LogP contribution is -2.04. The van der Waals surface area contributed by atoms with Gasteiger partial charge in [-0.1, -0.05) is 19.1 Å². The van der Waals surface area contributed by atoms with Crippen molar-refractivity contribution < 1.29 is 14.6 Å². The van der Waals surface area contributed by atoms with Crippen LogP contribution in [0.15, 0.2) is 24.3 Å². The van der Waals surface area contributed by atoms with Crippen LogP contribution in [0.3, 0.4) is 0 Å². The highest BCUT2D eigenvalue weighted by molar-refractivity contribution is 5.29. The summed E-state index contributed by atoms with van der Waals surface area (Å²) in [5.41, 5.74) is 0.896. The molecule has 0 radical (unpaired) electrons. The Bertz CT molecular complexity index is 286. The Balaban J connectivity index is 2.57. The molecule has 0 fully saturated rings. The molecule has 0 amide bonds. The maximum atomic E-state index is 9.65. The summed E-state index contributed by atoms with van der Waals surface area (Å²) in [7, 11) is 1.64. The molecule has 1 atom stereocenters. The van der Waals surface area contributed by atoms with Gasteiger partial charge < -0.3 is 14.6 Å². The fraction of sp³-hybridized carbons (Fsp3) is 0.500. The normalized spacial score (nSPS) is 12.5. The summed E-state index contributed by atoms with van der Waals surface area (Å²) in [6, 6.07) is 7.53. The molecule has 1 unspecified atom stereocenters. The van der Waals surface area contributed by atoms with Crippen molar-refractivity contribution in [3.63, 3.8) is 0 Å². The molecular weight excluding hydrogens is 192 g/mol. The lowest BCUT2D eigenvalue weighted by Gasteiger charge is -2.10. The summed E-state index contributed by atoms with van der Waals surface area (Å²) >= 11 is 0. The number of ether oxygens (including phenoxy) is 2. The predicted octanol–water partition coefficient (Wildman–Crippen LogP) is 2.16. The van der Waals surface area contributed by atoms with E-state index in [1.54, 1.807) is 7.11 Å². The van der Waals surface area contributed by atoms with E-state index in [9.17, 15) is 5.11 Å². The zero-order chi connectivity index (χ0) is 11.1. The standard InChI is InChI=1S/C12H18O3/c1-3-12(13)10-5-4-6-11(9-10)15-8-7-14-2/h4-6,9,12-13H,3,7-8H2,1-2H3. The lowest BCUT2D eigenvalue weighted by molar-refractivity contribution is 0.145. The molecule has 84 valence electrons. The Hall–Kier alpha value is -1.06. The molecule has 0 bridgehead atoms. The number of benzene rings is 1. The van der Waals surface area contributed by atoms with Crippen molar-refractivity contribution in [3.05, 3.63) is 29.8 Å². The molecule has 0 aliphatic rings. The van der Waals surface area contributed by atoms with Crippen LogP contribution in [0.2, 0.25) is 0 Å². The Labute approximate surface area is 90.6 Å². The van der Waals surface area contributed by atoms with Crippen LogP contribution in [0.25, 0.3) is 0 Å². The summed E-state index contributed by atoms with van der Waals surface area (Å²) in [4.78, 5) is 0. The smallest absolute Gasteiger partial charge is 0.119 e. The van der Waals surface area contributed by atoms with Crippen LogP contribution < -0.4 is 4.74 Å². The summed E-state index contributed by atoms with van der Waals surface area (Å²) < 4.78 is 10.3. The molecule has 3 nitrogen and oxygen atoms in total. The van der Waals surface area contributed by atoms with E-state index >= 15 is 0 Å². The molecule has 3 heteroatoms. The first kappa shape index (κ1) is 12.0. The third-order valence-electron chi connectivity index (χ3n) is 2.19. The van der Waals surface area contributed by atoms with Gasteiger partial charge in [0, 0.05) is 7.11 Å². The second-order valence-corrected chi connectivity index (χ2v) is 3.34. The van der Waals surface area contributed by atoms with Crippen molar-refractivity contribution in [1.29, 1.82) is 0 Å². The minimum Gasteiger partial charge on any atom is -0.491 e. The molecule has 0 aromatic heterocycles. The lowest BCUT2D eigenvalue weighted by atomic mass is 10.1. The fourth-order valence-corrected chi connectivity index (χ4v) is 1.29. The number of aliphatic hydroxyl groups excluding tert-OH is 1. The SMILES string of the molecule is CCC(O)c1cccc(OCCOC)c1. The van der Waals surface area contributed by atoms with Gasteiger partial charge >= 0.3 is 0 Å². The molecule has 0 saturated carbocycles. The van der Waals surface area contributed by atoms with Gasteiger partial charge in [-0.2, -0.15) is 0 Å². The van der Waals surface area contributed by atoms with E-state index in [1.165, 1.54) is 0 Å². The number of aliphatic hydroxyl groups is 1. The maximum Gasteiger partial charge on any atom is 0.119 e. The molecular formula is C12H18O3. The molecule has 15 heavy (non-hydrogen) atoms. The second kappa shape index (κ2) is 6.43. The van der Waals surface area contributed by atoms with E-state index in [4.69, 9.17) is 9.47 Å². The van der Waals surface area contributed by atoms with Crippen molar-refractivity contribution >= 4 is 0 Å². The predicted molar refractivity (Wildman–Crippen MR) is 59.1 cm³/mol. The molecule has 0 aliphatic heterocycles. The molecule has 0 saturated heterocycles. The summed E-state index contributed by atoms with van der Waals surface area (Å²) in [5, 5.41) is 9.65. The molecule has 1 aromatic rings. The van der Waals surface area contributed by atoms with Gasteiger partial charge in [-0.05, 0) is 24.1 Å². The second-order valence-electron chi connectivity index (χ2n) is 3.34. The highest BCUT2D eigenvalue weighted by Crippen LogP contribution is 2.21. The summed E-state index contributed by atoms with van der Waals surface area (Å²) in [6.45, 7) is 3.05. The fourth-order valence-electron chi connectivity index (χ4n) is 1.29. The Morgan fingerprint density at radius 1 is 1.33 bits per heavy atom. The maximum absolute atomic E-state index is 9.65. The van der Waals surface area contributed by atoms with E-state index in [2.05, 4.69) is 0 Å². The number of hydrogen-bond acceptors (Lipinski definition) is 3. The van der Waals surface area contributed by atoms with Crippen molar-refractivity contribution in [2.45, 2.75) is 19.4 Å². The molecule has 0 spiro atoms. The minimum absolute atomic E-state index is 0.407. The molecule has 0 aliphatic carbocycles. The largest absolute Gasteiger partial charge is 0.491 e. The van der Waals surface area contributed by atoms with E-state index in [1.807, 2.05) is 31.2 Å². The van der Waals surface area contributed by atoms with Gasteiger partial charge in [-0.3, -0.25) is 0 Å². The third kappa shape index (κ3) is 3.90. The van der Waals surface area contributed by atoms with E-state index < -0.39 is 6.10 Å². The van der Waals surface area contributed by atoms with E-state index in [-0.39, 0.29) is 0 Å².